The highest BCUT2D eigenvalue weighted by molar-refractivity contribution is 5.97. The first-order valence-electron chi connectivity index (χ1n) is 12.9. The maximum atomic E-state index is 13.8. The van der Waals surface area contributed by atoms with Crippen molar-refractivity contribution in [2.45, 2.75) is 65.0 Å². The zero-order valence-corrected chi connectivity index (χ0v) is 21.2. The Morgan fingerprint density at radius 2 is 2.00 bits per heavy atom. The van der Waals surface area contributed by atoms with Crippen LogP contribution in [0.25, 0.3) is 0 Å². The summed E-state index contributed by atoms with van der Waals surface area (Å²) in [5.41, 5.74) is 4.18. The molecule has 1 N–H and O–H groups in total. The summed E-state index contributed by atoms with van der Waals surface area (Å²) in [6, 6.07) is 12.9. The number of nitrogens with one attached hydrogen (secondary N) is 1. The molecule has 2 saturated heterocycles. The summed E-state index contributed by atoms with van der Waals surface area (Å²) in [6.07, 6.45) is 4.30. The van der Waals surface area contributed by atoms with Gasteiger partial charge in [-0.15, -0.1) is 0 Å². The van der Waals surface area contributed by atoms with E-state index in [0.717, 1.165) is 49.4 Å². The molecule has 2 atom stereocenters. The maximum Gasteiger partial charge on any atom is 0.241 e. The van der Waals surface area contributed by atoms with E-state index in [1.54, 1.807) is 0 Å². The van der Waals surface area contributed by atoms with Crippen LogP contribution in [0.3, 0.4) is 0 Å². The second kappa shape index (κ2) is 10.7. The van der Waals surface area contributed by atoms with Crippen molar-refractivity contribution in [1.29, 1.82) is 0 Å². The number of fused-ring (bicyclic) bond motifs is 1. The summed E-state index contributed by atoms with van der Waals surface area (Å²) >= 11 is 0. The fourth-order valence-corrected chi connectivity index (χ4v) is 5.74. The lowest BCUT2D eigenvalue weighted by molar-refractivity contribution is -0.128. The molecule has 7 nitrogen and oxygen atoms in total. The molecular weight excluding hydrogens is 450 g/mol. The van der Waals surface area contributed by atoms with E-state index in [-0.39, 0.29) is 30.7 Å². The smallest absolute Gasteiger partial charge is 0.241 e. The number of aromatic nitrogens is 1. The van der Waals surface area contributed by atoms with Crippen molar-refractivity contribution in [1.82, 2.24) is 20.1 Å². The van der Waals surface area contributed by atoms with Crippen LogP contribution in [-0.4, -0.2) is 78.0 Å². The molecule has 2 aromatic rings. The lowest BCUT2D eigenvalue weighted by Gasteiger charge is -2.41. The molecule has 0 aliphatic carbocycles. The molecule has 0 saturated carbocycles. The van der Waals surface area contributed by atoms with Crippen LogP contribution in [0.5, 0.6) is 0 Å². The van der Waals surface area contributed by atoms with Crippen LogP contribution in [-0.2, 0) is 21.4 Å². The van der Waals surface area contributed by atoms with Gasteiger partial charge in [-0.1, -0.05) is 51.6 Å². The van der Waals surface area contributed by atoms with Gasteiger partial charge in [0.25, 0.3) is 0 Å². The van der Waals surface area contributed by atoms with Gasteiger partial charge >= 0.3 is 0 Å². The molecule has 2 amide bonds. The summed E-state index contributed by atoms with van der Waals surface area (Å²) in [4.78, 5) is 36.9. The average Bonchev–Trinajstić information content (AvgIpc) is 3.35. The van der Waals surface area contributed by atoms with Crippen molar-refractivity contribution in [3.05, 3.63) is 59.4 Å². The van der Waals surface area contributed by atoms with Gasteiger partial charge in [-0.3, -0.25) is 19.5 Å². The van der Waals surface area contributed by atoms with Gasteiger partial charge in [0.05, 0.1) is 12.2 Å². The zero-order chi connectivity index (χ0) is 24.6. The van der Waals surface area contributed by atoms with E-state index in [1.165, 1.54) is 5.56 Å². The number of pyridine rings is 1. The van der Waals surface area contributed by atoms with Gasteiger partial charge in [-0.2, -0.15) is 0 Å². The van der Waals surface area contributed by atoms with E-state index in [0.29, 0.717) is 32.1 Å². The summed E-state index contributed by atoms with van der Waals surface area (Å²) < 4.78 is 0. The average molecular weight is 492 g/mol. The van der Waals surface area contributed by atoms with E-state index in [4.69, 9.17) is 4.98 Å². The van der Waals surface area contributed by atoms with Crippen LogP contribution in [0.2, 0.25) is 0 Å². The third-order valence-corrected chi connectivity index (χ3v) is 7.71. The number of hydrogen-bond acceptors (Lipinski definition) is 5. The van der Waals surface area contributed by atoms with Gasteiger partial charge in [0.1, 0.15) is 0 Å². The number of anilines is 1. The number of benzene rings is 1. The van der Waals surface area contributed by atoms with Gasteiger partial charge in [-0.25, -0.2) is 0 Å². The largest absolute Gasteiger partial charge is 0.341 e. The number of carbonyl (C=O) groups is 2. The van der Waals surface area contributed by atoms with Crippen molar-refractivity contribution in [2.75, 3.05) is 44.2 Å². The molecule has 5 rings (SSSR count). The van der Waals surface area contributed by atoms with Crippen molar-refractivity contribution in [3.63, 3.8) is 0 Å². The molecule has 36 heavy (non-hydrogen) atoms. The molecule has 194 valence electrons. The highest BCUT2D eigenvalue weighted by atomic mass is 16.2. The first-order valence-corrected chi connectivity index (χ1v) is 12.9. The molecule has 1 aromatic carbocycles. The predicted molar refractivity (Wildman–Crippen MR) is 144 cm³/mol. The molecule has 0 unspecified atom stereocenters. The molecule has 3 aliphatic rings. The third-order valence-electron chi connectivity index (χ3n) is 7.71. The Morgan fingerprint density at radius 1 is 1.22 bits per heavy atom. The quantitative estimate of drug-likeness (QED) is 0.672. The minimum absolute atomic E-state index is 0. The molecule has 0 radical (unpaired) electrons. The molecule has 2 fully saturated rings. The van der Waals surface area contributed by atoms with Crippen LogP contribution in [0.1, 0.15) is 57.9 Å². The summed E-state index contributed by atoms with van der Waals surface area (Å²) in [6.45, 7) is 10.7. The Morgan fingerprint density at radius 3 is 2.72 bits per heavy atom. The predicted octanol–water partition coefficient (Wildman–Crippen LogP) is 3.22. The minimum Gasteiger partial charge on any atom is -0.341 e. The van der Waals surface area contributed by atoms with Crippen LogP contribution in [0, 0.1) is 0 Å². The van der Waals surface area contributed by atoms with Gasteiger partial charge in [0, 0.05) is 80.5 Å². The van der Waals surface area contributed by atoms with Crippen LogP contribution in [0.15, 0.2) is 42.6 Å². The van der Waals surface area contributed by atoms with Crippen molar-refractivity contribution < 1.29 is 9.59 Å². The van der Waals surface area contributed by atoms with Crippen molar-refractivity contribution >= 4 is 17.5 Å². The van der Waals surface area contributed by atoms with Crippen LogP contribution < -0.4 is 10.2 Å². The third kappa shape index (κ3) is 5.47. The molecule has 3 aliphatic heterocycles. The number of amides is 2. The van der Waals surface area contributed by atoms with Gasteiger partial charge < -0.3 is 15.1 Å². The van der Waals surface area contributed by atoms with Gasteiger partial charge in [-0.05, 0) is 25.0 Å². The molecule has 0 spiro atoms. The molecular formula is C29H41N5O2. The topological polar surface area (TPSA) is 68.8 Å². The van der Waals surface area contributed by atoms with Crippen molar-refractivity contribution in [3.8, 4) is 0 Å². The van der Waals surface area contributed by atoms with Crippen LogP contribution >= 0.6 is 0 Å². The Hall–Kier alpha value is -2.77. The Balaban J connectivity index is 0.00000304. The normalized spacial score (nSPS) is 23.5. The highest BCUT2D eigenvalue weighted by Gasteiger charge is 2.40. The van der Waals surface area contributed by atoms with Crippen LogP contribution in [0.4, 0.5) is 5.69 Å². The minimum atomic E-state index is -0.138. The number of hydrogen-bond donors (Lipinski definition) is 1. The zero-order valence-electron chi connectivity index (χ0n) is 21.2. The lowest BCUT2D eigenvalue weighted by Crippen LogP contribution is -2.60. The standard InChI is InChI=1S/C28H37N5O2.CH4/c1-20-16-32(23(14-29-20)17-31-11-7-10-26(31)34)18-27(35)33-19-28(2,3)24-15-30-22(13-25(24)33)12-21-8-5-4-6-9-21;/h4-6,8-9,13,15,20,23,29H,7,10-12,14,16-19H2,1-3H3;1H4/t20-,23-;/m1./s1. The van der Waals surface area contributed by atoms with E-state index < -0.39 is 0 Å². The van der Waals surface area contributed by atoms with Gasteiger partial charge in [0.15, 0.2) is 0 Å². The Bertz CT molecular complexity index is 1090. The number of carbonyl (C=O) groups excluding carboxylic acids is 2. The highest BCUT2D eigenvalue weighted by Crippen LogP contribution is 2.40. The fraction of sp³-hybridized carbons (Fsp3) is 0.552. The van der Waals surface area contributed by atoms with Crippen molar-refractivity contribution in [2.24, 2.45) is 0 Å². The maximum absolute atomic E-state index is 13.8. The summed E-state index contributed by atoms with van der Waals surface area (Å²) in [5, 5.41) is 3.54. The second-order valence-electron chi connectivity index (χ2n) is 11.1. The van der Waals surface area contributed by atoms with Gasteiger partial charge in [0.2, 0.25) is 11.8 Å². The molecule has 7 heteroatoms. The van der Waals surface area contributed by atoms with E-state index in [9.17, 15) is 9.59 Å². The summed E-state index contributed by atoms with van der Waals surface area (Å²) in [5.74, 6) is 0.365. The molecule has 1 aromatic heterocycles. The van der Waals surface area contributed by atoms with E-state index in [2.05, 4.69) is 49.2 Å². The Labute approximate surface area is 215 Å². The number of likely N-dealkylation sites (tertiary alicyclic amines) is 1. The monoisotopic (exact) mass is 491 g/mol. The van der Waals surface area contributed by atoms with E-state index >= 15 is 0 Å². The second-order valence-corrected chi connectivity index (χ2v) is 11.1. The van der Waals surface area contributed by atoms with E-state index in [1.807, 2.05) is 34.2 Å². The SMILES string of the molecule is C.C[C@@H]1CN(CC(=O)N2CC(C)(C)c3cnc(Cc4ccccc4)cc32)[C@@H](CN2CCCC2=O)CN1. The Kier molecular flexibility index (Phi) is 7.81. The lowest BCUT2D eigenvalue weighted by atomic mass is 9.88. The first kappa shape index (κ1) is 26.3. The number of piperazine rings is 1. The summed E-state index contributed by atoms with van der Waals surface area (Å²) in [7, 11) is 0. The number of nitrogens with zero attached hydrogens (tertiary/aromatic N) is 4. The number of rotatable bonds is 6. The molecule has 0 bridgehead atoms. The first-order chi connectivity index (χ1) is 16.8. The fourth-order valence-electron chi connectivity index (χ4n) is 5.74. The molecule has 4 heterocycles.